The van der Waals surface area contributed by atoms with E-state index in [9.17, 15) is 13.6 Å². The second kappa shape index (κ2) is 6.33. The Labute approximate surface area is 105 Å². The van der Waals surface area contributed by atoms with Gasteiger partial charge in [0.05, 0.1) is 0 Å². The van der Waals surface area contributed by atoms with Gasteiger partial charge in [0.25, 0.3) is 5.91 Å². The number of nitrogens with one attached hydrogen (secondary N) is 1. The summed E-state index contributed by atoms with van der Waals surface area (Å²) in [4.78, 5) is 11.7. The van der Waals surface area contributed by atoms with Crippen molar-refractivity contribution in [1.29, 1.82) is 0 Å². The predicted octanol–water partition coefficient (Wildman–Crippen LogP) is 2.65. The quantitative estimate of drug-likeness (QED) is 0.880. The Bertz CT molecular complexity index is 423. The van der Waals surface area contributed by atoms with Gasteiger partial charge in [-0.1, -0.05) is 6.92 Å². The first-order valence-corrected chi connectivity index (χ1v) is 5.86. The molecule has 0 fully saturated rings. The first-order chi connectivity index (χ1) is 8.43. The van der Waals surface area contributed by atoms with Gasteiger partial charge >= 0.3 is 0 Å². The second-order valence-corrected chi connectivity index (χ2v) is 4.15. The standard InChI is InChI=1S/C13H17F2NO2/c1-4-8(2)16-13(17)9(3)18-10-5-6-11(14)12(15)7-10/h5-9H,4H2,1-3H3,(H,16,17). The molecule has 0 spiro atoms. The van der Waals surface area contributed by atoms with Crippen molar-refractivity contribution in [2.24, 2.45) is 0 Å². The van der Waals surface area contributed by atoms with Crippen LogP contribution in [0.5, 0.6) is 5.75 Å². The summed E-state index contributed by atoms with van der Waals surface area (Å²) in [6.07, 6.45) is 0.0488. The maximum atomic E-state index is 12.9. The number of hydrogen-bond acceptors (Lipinski definition) is 2. The van der Waals surface area contributed by atoms with E-state index in [1.165, 1.54) is 6.07 Å². The molecule has 0 aromatic heterocycles. The van der Waals surface area contributed by atoms with Gasteiger partial charge in [0.15, 0.2) is 17.7 Å². The minimum Gasteiger partial charge on any atom is -0.481 e. The molecule has 0 aliphatic rings. The zero-order valence-corrected chi connectivity index (χ0v) is 10.7. The fraction of sp³-hybridized carbons (Fsp3) is 0.462. The molecule has 1 amide bonds. The van der Waals surface area contributed by atoms with Crippen molar-refractivity contribution in [3.8, 4) is 5.75 Å². The Hall–Kier alpha value is -1.65. The first-order valence-electron chi connectivity index (χ1n) is 5.86. The van der Waals surface area contributed by atoms with Crippen molar-refractivity contribution in [2.75, 3.05) is 0 Å². The molecule has 2 atom stereocenters. The van der Waals surface area contributed by atoms with Gasteiger partial charge in [-0.05, 0) is 32.4 Å². The fourth-order valence-corrected chi connectivity index (χ4v) is 1.27. The predicted molar refractivity (Wildman–Crippen MR) is 64.3 cm³/mol. The van der Waals surface area contributed by atoms with E-state index in [1.54, 1.807) is 6.92 Å². The Kier molecular flexibility index (Phi) is 5.07. The molecule has 18 heavy (non-hydrogen) atoms. The van der Waals surface area contributed by atoms with Crippen molar-refractivity contribution in [2.45, 2.75) is 39.3 Å². The highest BCUT2D eigenvalue weighted by atomic mass is 19.2. The third-order valence-electron chi connectivity index (χ3n) is 2.57. The maximum absolute atomic E-state index is 12.9. The van der Waals surface area contributed by atoms with E-state index in [-0.39, 0.29) is 17.7 Å². The number of rotatable bonds is 5. The SMILES string of the molecule is CCC(C)NC(=O)C(C)Oc1ccc(F)c(F)c1. The third-order valence-corrected chi connectivity index (χ3v) is 2.57. The number of carbonyl (C=O) groups excluding carboxylic acids is 1. The summed E-state index contributed by atoms with van der Waals surface area (Å²) in [5.41, 5.74) is 0. The average Bonchev–Trinajstić information content (AvgIpc) is 2.33. The van der Waals surface area contributed by atoms with Crippen molar-refractivity contribution in [1.82, 2.24) is 5.32 Å². The van der Waals surface area contributed by atoms with Gasteiger partial charge in [-0.3, -0.25) is 4.79 Å². The number of halogens is 2. The van der Waals surface area contributed by atoms with Gasteiger partial charge in [-0.2, -0.15) is 0 Å². The number of ether oxygens (including phenoxy) is 1. The molecule has 3 nitrogen and oxygen atoms in total. The molecule has 0 saturated heterocycles. The Morgan fingerprint density at radius 1 is 1.33 bits per heavy atom. The lowest BCUT2D eigenvalue weighted by molar-refractivity contribution is -0.127. The van der Waals surface area contributed by atoms with Crippen LogP contribution in [0.3, 0.4) is 0 Å². The van der Waals surface area contributed by atoms with Gasteiger partial charge in [0, 0.05) is 12.1 Å². The zero-order chi connectivity index (χ0) is 13.7. The van der Waals surface area contributed by atoms with Crippen LogP contribution in [0, 0.1) is 11.6 Å². The summed E-state index contributed by atoms with van der Waals surface area (Å²) >= 11 is 0. The molecule has 0 aliphatic carbocycles. The third kappa shape index (κ3) is 3.98. The Morgan fingerprint density at radius 3 is 2.56 bits per heavy atom. The molecule has 0 saturated carbocycles. The van der Waals surface area contributed by atoms with Crippen molar-refractivity contribution in [3.05, 3.63) is 29.8 Å². The number of amides is 1. The topological polar surface area (TPSA) is 38.3 Å². The molecule has 0 aliphatic heterocycles. The molecular formula is C13H17F2NO2. The lowest BCUT2D eigenvalue weighted by atomic mass is 10.2. The molecular weight excluding hydrogens is 240 g/mol. The highest BCUT2D eigenvalue weighted by molar-refractivity contribution is 5.80. The smallest absolute Gasteiger partial charge is 0.260 e. The molecule has 0 radical (unpaired) electrons. The molecule has 1 aromatic rings. The van der Waals surface area contributed by atoms with Crippen molar-refractivity contribution < 1.29 is 18.3 Å². The van der Waals surface area contributed by atoms with Crippen LogP contribution in [0.4, 0.5) is 8.78 Å². The zero-order valence-electron chi connectivity index (χ0n) is 10.7. The minimum atomic E-state index is -0.998. The van der Waals surface area contributed by atoms with Crippen LogP contribution >= 0.6 is 0 Å². The fourth-order valence-electron chi connectivity index (χ4n) is 1.27. The largest absolute Gasteiger partial charge is 0.481 e. The average molecular weight is 257 g/mol. The Balaban J connectivity index is 2.60. The Morgan fingerprint density at radius 2 is 2.00 bits per heavy atom. The van der Waals surface area contributed by atoms with E-state index < -0.39 is 17.7 Å². The normalized spacial score (nSPS) is 13.8. The molecule has 0 heterocycles. The van der Waals surface area contributed by atoms with Crippen LogP contribution in [-0.2, 0) is 4.79 Å². The highest BCUT2D eigenvalue weighted by Gasteiger charge is 2.16. The summed E-state index contributed by atoms with van der Waals surface area (Å²) < 4.78 is 30.9. The summed E-state index contributed by atoms with van der Waals surface area (Å²) in [6.45, 7) is 5.38. The molecule has 1 rings (SSSR count). The summed E-state index contributed by atoms with van der Waals surface area (Å²) in [5, 5.41) is 2.74. The number of carbonyl (C=O) groups is 1. The van der Waals surface area contributed by atoms with Crippen molar-refractivity contribution in [3.63, 3.8) is 0 Å². The molecule has 2 unspecified atom stereocenters. The maximum Gasteiger partial charge on any atom is 0.260 e. The van der Waals surface area contributed by atoms with E-state index in [0.29, 0.717) is 0 Å². The lowest BCUT2D eigenvalue weighted by Crippen LogP contribution is -2.40. The molecule has 1 aromatic carbocycles. The van der Waals surface area contributed by atoms with Crippen LogP contribution in [0.25, 0.3) is 0 Å². The summed E-state index contributed by atoms with van der Waals surface area (Å²) in [7, 11) is 0. The number of benzene rings is 1. The number of hydrogen-bond donors (Lipinski definition) is 1. The summed E-state index contributed by atoms with van der Waals surface area (Å²) in [6, 6.07) is 3.21. The van der Waals surface area contributed by atoms with Crippen LogP contribution in [0.15, 0.2) is 18.2 Å². The first kappa shape index (κ1) is 14.4. The van der Waals surface area contributed by atoms with Gasteiger partial charge in [-0.25, -0.2) is 8.78 Å². The van der Waals surface area contributed by atoms with Crippen LogP contribution in [0.2, 0.25) is 0 Å². The van der Waals surface area contributed by atoms with E-state index >= 15 is 0 Å². The van der Waals surface area contributed by atoms with E-state index in [0.717, 1.165) is 18.6 Å². The van der Waals surface area contributed by atoms with Crippen LogP contribution in [-0.4, -0.2) is 18.1 Å². The van der Waals surface area contributed by atoms with Gasteiger partial charge < -0.3 is 10.1 Å². The monoisotopic (exact) mass is 257 g/mol. The highest BCUT2D eigenvalue weighted by Crippen LogP contribution is 2.16. The van der Waals surface area contributed by atoms with Crippen LogP contribution in [0.1, 0.15) is 27.2 Å². The van der Waals surface area contributed by atoms with Gasteiger partial charge in [0.2, 0.25) is 0 Å². The molecule has 100 valence electrons. The van der Waals surface area contributed by atoms with Gasteiger partial charge in [-0.15, -0.1) is 0 Å². The molecule has 0 bridgehead atoms. The second-order valence-electron chi connectivity index (χ2n) is 4.15. The van der Waals surface area contributed by atoms with Crippen molar-refractivity contribution >= 4 is 5.91 Å². The minimum absolute atomic E-state index is 0.0495. The van der Waals surface area contributed by atoms with Gasteiger partial charge in [0.1, 0.15) is 5.75 Å². The summed E-state index contributed by atoms with van der Waals surface area (Å²) in [5.74, 6) is -2.10. The van der Waals surface area contributed by atoms with Crippen LogP contribution < -0.4 is 10.1 Å². The lowest BCUT2D eigenvalue weighted by Gasteiger charge is -2.17. The van der Waals surface area contributed by atoms with E-state index in [2.05, 4.69) is 5.32 Å². The van der Waals surface area contributed by atoms with E-state index in [4.69, 9.17) is 4.74 Å². The molecule has 5 heteroatoms. The van der Waals surface area contributed by atoms with E-state index in [1.807, 2.05) is 13.8 Å². The molecule has 1 N–H and O–H groups in total.